The minimum absolute atomic E-state index is 1.12. The third-order valence-corrected chi connectivity index (χ3v) is 8.87. The topological polar surface area (TPSA) is 3.24 Å². The Kier molecular flexibility index (Phi) is 8.35. The van der Waals surface area contributed by atoms with Gasteiger partial charge in [0.25, 0.3) is 0 Å². The van der Waals surface area contributed by atoms with E-state index in [2.05, 4.69) is 63.7 Å². The van der Waals surface area contributed by atoms with Gasteiger partial charge in [-0.25, -0.2) is 0 Å². The Labute approximate surface area is 103 Å². The normalized spacial score (nSPS) is 12.8. The van der Waals surface area contributed by atoms with E-state index in [9.17, 15) is 0 Å². The first-order valence-corrected chi connectivity index (χ1v) is 9.39. The lowest BCUT2D eigenvalue weighted by molar-refractivity contribution is 0.714. The molecule has 0 rings (SSSR count). The Morgan fingerprint density at radius 2 is 1.12 bits per heavy atom. The zero-order valence-electron chi connectivity index (χ0n) is 11.8. The van der Waals surface area contributed by atoms with Crippen molar-refractivity contribution in [3.63, 3.8) is 0 Å². The maximum absolute atomic E-state index is 2.56. The predicted octanol–water partition coefficient (Wildman–Crippen LogP) is 5.14. The minimum atomic E-state index is -1.26. The molecular weight excluding hydrogens is 210 g/mol. The smallest absolute Gasteiger partial charge is 0.160 e. The highest BCUT2D eigenvalue weighted by molar-refractivity contribution is 6.77. The Morgan fingerprint density at radius 3 is 1.38 bits per heavy atom. The van der Waals surface area contributed by atoms with Crippen molar-refractivity contribution in [2.75, 3.05) is 0 Å². The van der Waals surface area contributed by atoms with Crippen molar-refractivity contribution in [1.82, 2.24) is 4.57 Å². The van der Waals surface area contributed by atoms with Gasteiger partial charge in [-0.05, 0) is 43.4 Å². The molecule has 0 aliphatic heterocycles. The SMILES string of the molecule is CCC=CN(C=CCC)[Si](CC)(CC)CC. The molecule has 0 radical (unpaired) electrons. The molecule has 0 N–H and O–H groups in total. The van der Waals surface area contributed by atoms with Crippen molar-refractivity contribution in [3.8, 4) is 0 Å². The zero-order valence-corrected chi connectivity index (χ0v) is 12.8. The molecule has 0 unspecified atom stereocenters. The zero-order chi connectivity index (χ0) is 12.4. The van der Waals surface area contributed by atoms with E-state index in [-0.39, 0.29) is 0 Å². The molecule has 94 valence electrons. The van der Waals surface area contributed by atoms with Crippen LogP contribution < -0.4 is 0 Å². The van der Waals surface area contributed by atoms with Gasteiger partial charge in [-0.2, -0.15) is 0 Å². The molecule has 0 aromatic heterocycles. The second kappa shape index (κ2) is 8.63. The molecule has 0 aliphatic carbocycles. The molecule has 0 bridgehead atoms. The van der Waals surface area contributed by atoms with Gasteiger partial charge in [-0.15, -0.1) is 0 Å². The van der Waals surface area contributed by atoms with Crippen LogP contribution in [0.5, 0.6) is 0 Å². The van der Waals surface area contributed by atoms with Crippen molar-refractivity contribution >= 4 is 8.24 Å². The summed E-state index contributed by atoms with van der Waals surface area (Å²) in [4.78, 5) is 0. The lowest BCUT2D eigenvalue weighted by Crippen LogP contribution is -2.46. The van der Waals surface area contributed by atoms with Crippen LogP contribution in [0.2, 0.25) is 18.1 Å². The summed E-state index contributed by atoms with van der Waals surface area (Å²) < 4.78 is 2.56. The molecule has 0 fully saturated rings. The van der Waals surface area contributed by atoms with Crippen LogP contribution in [0.1, 0.15) is 47.5 Å². The van der Waals surface area contributed by atoms with Gasteiger partial charge in [0.1, 0.15) is 0 Å². The van der Waals surface area contributed by atoms with Crippen LogP contribution in [-0.2, 0) is 0 Å². The first-order valence-electron chi connectivity index (χ1n) is 6.82. The molecule has 0 saturated heterocycles. The minimum Gasteiger partial charge on any atom is -0.381 e. The summed E-state index contributed by atoms with van der Waals surface area (Å²) >= 11 is 0. The number of hydrogen-bond donors (Lipinski definition) is 0. The summed E-state index contributed by atoms with van der Waals surface area (Å²) in [6.45, 7) is 11.5. The second-order valence-electron chi connectivity index (χ2n) is 4.28. The number of nitrogens with zero attached hydrogens (tertiary/aromatic N) is 1. The highest BCUT2D eigenvalue weighted by atomic mass is 28.3. The molecule has 0 amide bonds. The fraction of sp³-hybridized carbons (Fsp3) is 0.714. The van der Waals surface area contributed by atoms with Crippen LogP contribution in [0, 0.1) is 0 Å². The van der Waals surface area contributed by atoms with Gasteiger partial charge < -0.3 is 4.57 Å². The number of rotatable bonds is 8. The maximum atomic E-state index is 2.56. The Hall–Kier alpha value is -0.503. The van der Waals surface area contributed by atoms with Crippen LogP contribution in [0.4, 0.5) is 0 Å². The van der Waals surface area contributed by atoms with E-state index in [1.54, 1.807) is 0 Å². The van der Waals surface area contributed by atoms with Crippen molar-refractivity contribution in [3.05, 3.63) is 24.6 Å². The van der Waals surface area contributed by atoms with E-state index in [1.807, 2.05) is 0 Å². The monoisotopic (exact) mass is 239 g/mol. The first kappa shape index (κ1) is 15.5. The Morgan fingerprint density at radius 1 is 0.750 bits per heavy atom. The largest absolute Gasteiger partial charge is 0.381 e. The molecule has 0 saturated carbocycles. The average Bonchev–Trinajstić information content (AvgIpc) is 2.34. The van der Waals surface area contributed by atoms with Gasteiger partial charge in [0.15, 0.2) is 8.24 Å². The molecular formula is C14H29NSi. The van der Waals surface area contributed by atoms with Crippen molar-refractivity contribution < 1.29 is 0 Å². The molecule has 0 aromatic carbocycles. The third-order valence-electron chi connectivity index (χ3n) is 3.53. The van der Waals surface area contributed by atoms with E-state index in [0.29, 0.717) is 0 Å². The second-order valence-corrected chi connectivity index (χ2v) is 9.36. The van der Waals surface area contributed by atoms with E-state index in [0.717, 1.165) is 12.8 Å². The van der Waals surface area contributed by atoms with Crippen molar-refractivity contribution in [2.24, 2.45) is 0 Å². The predicted molar refractivity (Wildman–Crippen MR) is 77.9 cm³/mol. The summed E-state index contributed by atoms with van der Waals surface area (Å²) in [6.07, 6.45) is 11.4. The number of allylic oxidation sites excluding steroid dienone is 2. The van der Waals surface area contributed by atoms with Gasteiger partial charge in [0.2, 0.25) is 0 Å². The van der Waals surface area contributed by atoms with Gasteiger partial charge in [-0.1, -0.05) is 46.8 Å². The molecule has 2 heteroatoms. The van der Waals surface area contributed by atoms with Crippen LogP contribution in [0.15, 0.2) is 24.6 Å². The quantitative estimate of drug-likeness (QED) is 0.530. The summed E-state index contributed by atoms with van der Waals surface area (Å²) in [5, 5.41) is 0. The van der Waals surface area contributed by atoms with E-state index in [1.165, 1.54) is 18.1 Å². The lowest BCUT2D eigenvalue weighted by Gasteiger charge is -2.38. The Balaban J connectivity index is 4.94. The summed E-state index contributed by atoms with van der Waals surface area (Å²) in [5.74, 6) is 0. The van der Waals surface area contributed by atoms with Gasteiger partial charge >= 0.3 is 0 Å². The highest BCUT2D eigenvalue weighted by Gasteiger charge is 2.31. The summed E-state index contributed by atoms with van der Waals surface area (Å²) in [6, 6.07) is 4.01. The van der Waals surface area contributed by atoms with E-state index >= 15 is 0 Å². The fourth-order valence-corrected chi connectivity index (χ4v) is 5.54. The van der Waals surface area contributed by atoms with Gasteiger partial charge in [0, 0.05) is 0 Å². The molecule has 16 heavy (non-hydrogen) atoms. The molecule has 0 aliphatic rings. The molecule has 0 heterocycles. The molecule has 1 nitrogen and oxygen atoms in total. The van der Waals surface area contributed by atoms with Gasteiger partial charge in [-0.3, -0.25) is 0 Å². The van der Waals surface area contributed by atoms with E-state index < -0.39 is 8.24 Å². The fourth-order valence-electron chi connectivity index (χ4n) is 2.10. The van der Waals surface area contributed by atoms with Crippen LogP contribution in [0.3, 0.4) is 0 Å². The highest BCUT2D eigenvalue weighted by Crippen LogP contribution is 2.25. The third kappa shape index (κ3) is 4.16. The average molecular weight is 239 g/mol. The van der Waals surface area contributed by atoms with Crippen LogP contribution >= 0.6 is 0 Å². The Bertz CT molecular complexity index is 195. The van der Waals surface area contributed by atoms with Gasteiger partial charge in [0.05, 0.1) is 0 Å². The number of hydrogen-bond acceptors (Lipinski definition) is 1. The standard InChI is InChI=1S/C14H29NSi/c1-6-11-13-15(14-12-7-2)16(8-3,9-4)10-5/h11-14H,6-10H2,1-5H3. The first-order chi connectivity index (χ1) is 7.70. The van der Waals surface area contributed by atoms with Crippen LogP contribution in [-0.4, -0.2) is 12.8 Å². The van der Waals surface area contributed by atoms with E-state index in [4.69, 9.17) is 0 Å². The van der Waals surface area contributed by atoms with Crippen LogP contribution in [0.25, 0.3) is 0 Å². The summed E-state index contributed by atoms with van der Waals surface area (Å²) in [5.41, 5.74) is 0. The maximum Gasteiger partial charge on any atom is 0.160 e. The van der Waals surface area contributed by atoms with Crippen molar-refractivity contribution in [2.45, 2.75) is 65.6 Å². The molecule has 0 atom stereocenters. The molecule has 0 spiro atoms. The molecule has 0 aromatic rings. The summed E-state index contributed by atoms with van der Waals surface area (Å²) in [7, 11) is -1.26. The lowest BCUT2D eigenvalue weighted by atomic mass is 10.4. The van der Waals surface area contributed by atoms with Crippen molar-refractivity contribution in [1.29, 1.82) is 0 Å².